The van der Waals surface area contributed by atoms with Crippen LogP contribution >= 0.6 is 0 Å². The minimum atomic E-state index is 0.166. The number of rotatable bonds is 1. The van der Waals surface area contributed by atoms with E-state index in [1.165, 1.54) is 33.4 Å². The Labute approximate surface area is 128 Å². The van der Waals surface area contributed by atoms with Gasteiger partial charge in [-0.25, -0.2) is 0 Å². The monoisotopic (exact) mass is 280 g/mol. The van der Waals surface area contributed by atoms with Gasteiger partial charge in [0.05, 0.1) is 0 Å². The zero-order chi connectivity index (χ0) is 15.1. The molecule has 1 nitrogen and oxygen atoms in total. The number of hydrogen-bond donors (Lipinski definition) is 0. The summed E-state index contributed by atoms with van der Waals surface area (Å²) in [6, 6.07) is 11.2. The molecule has 2 unspecified atom stereocenters. The summed E-state index contributed by atoms with van der Waals surface area (Å²) in [6.07, 6.45) is 1.26. The zero-order valence-electron chi connectivity index (χ0n) is 13.7. The van der Waals surface area contributed by atoms with E-state index >= 15 is 0 Å². The third-order valence-electron chi connectivity index (χ3n) is 4.85. The van der Waals surface area contributed by atoms with Crippen LogP contribution in [0.25, 0.3) is 0 Å². The Morgan fingerprint density at radius 1 is 0.857 bits per heavy atom. The van der Waals surface area contributed by atoms with E-state index in [0.717, 1.165) is 12.2 Å². The van der Waals surface area contributed by atoms with Crippen molar-refractivity contribution < 1.29 is 4.74 Å². The molecule has 0 saturated heterocycles. The van der Waals surface area contributed by atoms with Gasteiger partial charge in [-0.2, -0.15) is 0 Å². The fourth-order valence-electron chi connectivity index (χ4n) is 3.16. The van der Waals surface area contributed by atoms with E-state index in [4.69, 9.17) is 4.74 Å². The fraction of sp³-hybridized carbons (Fsp3) is 0.400. The fourth-order valence-corrected chi connectivity index (χ4v) is 3.16. The summed E-state index contributed by atoms with van der Waals surface area (Å²) in [7, 11) is 0. The standard InChI is InChI=1S/C20H24O/c1-12-6-7-17(8-13(12)2)20-16(5)10-18-9-14(3)15(4)11-19(18)21-20/h6-9,11,16,20H,10H2,1-5H3. The molecule has 1 heteroatoms. The number of hydrogen-bond acceptors (Lipinski definition) is 1. The molecular weight excluding hydrogens is 256 g/mol. The van der Waals surface area contributed by atoms with Crippen molar-refractivity contribution in [2.75, 3.05) is 0 Å². The summed E-state index contributed by atoms with van der Waals surface area (Å²) in [5.41, 5.74) is 8.00. The van der Waals surface area contributed by atoms with E-state index in [-0.39, 0.29) is 6.10 Å². The summed E-state index contributed by atoms with van der Waals surface area (Å²) in [5.74, 6) is 1.57. The van der Waals surface area contributed by atoms with Crippen molar-refractivity contribution in [2.45, 2.75) is 47.1 Å². The molecule has 2 atom stereocenters. The molecule has 1 heterocycles. The van der Waals surface area contributed by atoms with Gasteiger partial charge in [0.15, 0.2) is 0 Å². The number of aryl methyl sites for hydroxylation is 4. The SMILES string of the molecule is Cc1ccc(C2Oc3cc(C)c(C)cc3CC2C)cc1C. The maximum absolute atomic E-state index is 6.36. The van der Waals surface area contributed by atoms with Crippen LogP contribution in [-0.4, -0.2) is 0 Å². The molecule has 1 aliphatic heterocycles. The first-order chi connectivity index (χ1) is 9.95. The second-order valence-corrected chi connectivity index (χ2v) is 6.61. The van der Waals surface area contributed by atoms with Crippen LogP contribution in [-0.2, 0) is 6.42 Å². The Kier molecular flexibility index (Phi) is 3.52. The maximum atomic E-state index is 6.36. The molecule has 0 saturated carbocycles. The highest BCUT2D eigenvalue weighted by atomic mass is 16.5. The molecule has 3 rings (SSSR count). The van der Waals surface area contributed by atoms with E-state index < -0.39 is 0 Å². The largest absolute Gasteiger partial charge is 0.485 e. The number of fused-ring (bicyclic) bond motifs is 1. The van der Waals surface area contributed by atoms with Gasteiger partial charge in [0.25, 0.3) is 0 Å². The Balaban J connectivity index is 1.98. The van der Waals surface area contributed by atoms with Crippen molar-refractivity contribution in [1.82, 2.24) is 0 Å². The topological polar surface area (TPSA) is 9.23 Å². The van der Waals surface area contributed by atoms with Gasteiger partial charge in [0, 0.05) is 5.92 Å². The predicted octanol–water partition coefficient (Wildman–Crippen LogP) is 5.23. The van der Waals surface area contributed by atoms with E-state index in [1.807, 2.05) is 0 Å². The van der Waals surface area contributed by atoms with Gasteiger partial charge in [-0.3, -0.25) is 0 Å². The average Bonchev–Trinajstić information content (AvgIpc) is 2.43. The Morgan fingerprint density at radius 3 is 2.24 bits per heavy atom. The van der Waals surface area contributed by atoms with Crippen LogP contribution in [0.1, 0.15) is 46.4 Å². The first-order valence-corrected chi connectivity index (χ1v) is 7.79. The summed E-state index contributed by atoms with van der Waals surface area (Å²) in [4.78, 5) is 0. The van der Waals surface area contributed by atoms with Gasteiger partial charge in [-0.05, 0) is 73.6 Å². The third kappa shape index (κ3) is 2.57. The van der Waals surface area contributed by atoms with Crippen molar-refractivity contribution in [1.29, 1.82) is 0 Å². The van der Waals surface area contributed by atoms with Crippen LogP contribution in [0.4, 0.5) is 0 Å². The third-order valence-corrected chi connectivity index (χ3v) is 4.85. The molecule has 0 bridgehead atoms. The molecule has 0 aliphatic carbocycles. The van der Waals surface area contributed by atoms with Gasteiger partial charge in [-0.1, -0.05) is 31.2 Å². The molecule has 21 heavy (non-hydrogen) atoms. The molecule has 2 aromatic rings. The van der Waals surface area contributed by atoms with Crippen LogP contribution in [0.15, 0.2) is 30.3 Å². The average molecular weight is 280 g/mol. The summed E-state index contributed by atoms with van der Waals surface area (Å²) < 4.78 is 6.36. The van der Waals surface area contributed by atoms with Crippen molar-refractivity contribution in [3.63, 3.8) is 0 Å². The number of benzene rings is 2. The lowest BCUT2D eigenvalue weighted by molar-refractivity contribution is 0.123. The van der Waals surface area contributed by atoms with Crippen molar-refractivity contribution in [3.8, 4) is 5.75 Å². The molecular formula is C20H24O. The molecule has 0 amide bonds. The molecule has 0 spiro atoms. The quantitative estimate of drug-likeness (QED) is 0.694. The van der Waals surface area contributed by atoms with Gasteiger partial charge in [0.2, 0.25) is 0 Å². The minimum Gasteiger partial charge on any atom is -0.485 e. The molecule has 2 aromatic carbocycles. The highest BCUT2D eigenvalue weighted by Gasteiger charge is 2.28. The second kappa shape index (κ2) is 5.22. The Morgan fingerprint density at radius 2 is 1.52 bits per heavy atom. The van der Waals surface area contributed by atoms with Crippen LogP contribution in [0, 0.1) is 33.6 Å². The van der Waals surface area contributed by atoms with Gasteiger partial charge in [-0.15, -0.1) is 0 Å². The van der Waals surface area contributed by atoms with E-state index in [2.05, 4.69) is 65.0 Å². The Bertz CT molecular complexity index is 684. The maximum Gasteiger partial charge on any atom is 0.127 e. The van der Waals surface area contributed by atoms with Crippen molar-refractivity contribution in [2.24, 2.45) is 5.92 Å². The molecule has 0 aromatic heterocycles. The smallest absolute Gasteiger partial charge is 0.127 e. The summed E-state index contributed by atoms with van der Waals surface area (Å²) in [6.45, 7) is 11.0. The van der Waals surface area contributed by atoms with Crippen LogP contribution in [0.2, 0.25) is 0 Å². The highest BCUT2D eigenvalue weighted by molar-refractivity contribution is 5.44. The number of ether oxygens (including phenoxy) is 1. The van der Waals surface area contributed by atoms with E-state index in [0.29, 0.717) is 5.92 Å². The second-order valence-electron chi connectivity index (χ2n) is 6.61. The highest BCUT2D eigenvalue weighted by Crippen LogP contribution is 2.40. The van der Waals surface area contributed by atoms with Crippen molar-refractivity contribution >= 4 is 0 Å². The molecule has 0 fully saturated rings. The van der Waals surface area contributed by atoms with E-state index in [9.17, 15) is 0 Å². The lowest BCUT2D eigenvalue weighted by atomic mass is 9.86. The van der Waals surface area contributed by atoms with Crippen LogP contribution in [0.5, 0.6) is 5.75 Å². The molecule has 0 N–H and O–H groups in total. The summed E-state index contributed by atoms with van der Waals surface area (Å²) >= 11 is 0. The van der Waals surface area contributed by atoms with Gasteiger partial charge < -0.3 is 4.74 Å². The summed E-state index contributed by atoms with van der Waals surface area (Å²) in [5, 5.41) is 0. The van der Waals surface area contributed by atoms with Crippen molar-refractivity contribution in [3.05, 3.63) is 63.7 Å². The first kappa shape index (κ1) is 14.2. The normalized spacial score (nSPS) is 20.8. The lowest BCUT2D eigenvalue weighted by Gasteiger charge is -2.33. The van der Waals surface area contributed by atoms with E-state index in [1.54, 1.807) is 0 Å². The van der Waals surface area contributed by atoms with Crippen LogP contribution < -0.4 is 4.74 Å². The Hall–Kier alpha value is -1.76. The molecule has 1 aliphatic rings. The van der Waals surface area contributed by atoms with Gasteiger partial charge in [0.1, 0.15) is 11.9 Å². The minimum absolute atomic E-state index is 0.166. The van der Waals surface area contributed by atoms with Gasteiger partial charge >= 0.3 is 0 Å². The molecule has 0 radical (unpaired) electrons. The van der Waals surface area contributed by atoms with Crippen LogP contribution in [0.3, 0.4) is 0 Å². The zero-order valence-corrected chi connectivity index (χ0v) is 13.7. The lowest BCUT2D eigenvalue weighted by Crippen LogP contribution is -2.24. The predicted molar refractivity (Wildman–Crippen MR) is 88.1 cm³/mol. The molecule has 110 valence electrons. The first-order valence-electron chi connectivity index (χ1n) is 7.79.